The summed E-state index contributed by atoms with van der Waals surface area (Å²) in [4.78, 5) is 0. The number of nitrogen functional groups attached to an aromatic ring is 1. The van der Waals surface area contributed by atoms with Gasteiger partial charge in [-0.3, -0.25) is 0 Å². The number of hydrogen-bond donors (Lipinski definition) is 2. The van der Waals surface area contributed by atoms with Crippen molar-refractivity contribution >= 4 is 5.69 Å². The van der Waals surface area contributed by atoms with Crippen molar-refractivity contribution < 1.29 is 0 Å². The van der Waals surface area contributed by atoms with E-state index < -0.39 is 0 Å². The molecule has 0 fully saturated rings. The number of rotatable bonds is 3. The largest absolute Gasteiger partial charge is 0.398 e. The Bertz CT molecular complexity index is 305. The van der Waals surface area contributed by atoms with Crippen molar-refractivity contribution in [3.63, 3.8) is 0 Å². The SMILES string of the molecule is CCC(N)c1cc(C(C)C)ccc1N. The Balaban J connectivity index is 3.08. The normalized spacial score (nSPS) is 13.2. The van der Waals surface area contributed by atoms with E-state index in [0.29, 0.717) is 5.92 Å². The van der Waals surface area contributed by atoms with Crippen molar-refractivity contribution in [2.45, 2.75) is 39.2 Å². The van der Waals surface area contributed by atoms with Crippen LogP contribution in [0.15, 0.2) is 18.2 Å². The fourth-order valence-corrected chi connectivity index (χ4v) is 1.49. The minimum absolute atomic E-state index is 0.0636. The number of anilines is 1. The molecule has 1 aromatic carbocycles. The van der Waals surface area contributed by atoms with Gasteiger partial charge in [-0.15, -0.1) is 0 Å². The average molecular weight is 192 g/mol. The van der Waals surface area contributed by atoms with Crippen molar-refractivity contribution in [1.82, 2.24) is 0 Å². The summed E-state index contributed by atoms with van der Waals surface area (Å²) in [6, 6.07) is 6.23. The third kappa shape index (κ3) is 2.26. The van der Waals surface area contributed by atoms with Crippen LogP contribution in [0.25, 0.3) is 0 Å². The van der Waals surface area contributed by atoms with Gasteiger partial charge in [-0.05, 0) is 29.5 Å². The second kappa shape index (κ2) is 4.47. The van der Waals surface area contributed by atoms with E-state index >= 15 is 0 Å². The van der Waals surface area contributed by atoms with E-state index in [-0.39, 0.29) is 6.04 Å². The molecule has 0 saturated carbocycles. The van der Waals surface area contributed by atoms with Crippen LogP contribution < -0.4 is 11.5 Å². The van der Waals surface area contributed by atoms with Crippen LogP contribution in [0.1, 0.15) is 50.3 Å². The fourth-order valence-electron chi connectivity index (χ4n) is 1.49. The summed E-state index contributed by atoms with van der Waals surface area (Å²) in [5, 5.41) is 0. The molecule has 0 aliphatic rings. The van der Waals surface area contributed by atoms with Crippen LogP contribution in [-0.4, -0.2) is 0 Å². The average Bonchev–Trinajstić information content (AvgIpc) is 2.17. The number of nitrogens with two attached hydrogens (primary N) is 2. The Kier molecular flexibility index (Phi) is 3.53. The highest BCUT2D eigenvalue weighted by Crippen LogP contribution is 2.25. The third-order valence-corrected chi connectivity index (χ3v) is 2.62. The van der Waals surface area contributed by atoms with E-state index in [2.05, 4.69) is 32.9 Å². The predicted molar refractivity (Wildman–Crippen MR) is 62.2 cm³/mol. The van der Waals surface area contributed by atoms with Gasteiger partial charge in [0.2, 0.25) is 0 Å². The van der Waals surface area contributed by atoms with E-state index in [1.165, 1.54) is 5.56 Å². The minimum atomic E-state index is 0.0636. The van der Waals surface area contributed by atoms with Gasteiger partial charge in [-0.2, -0.15) is 0 Å². The van der Waals surface area contributed by atoms with Gasteiger partial charge in [0, 0.05) is 11.7 Å². The maximum absolute atomic E-state index is 5.98. The Morgan fingerprint density at radius 2 is 1.93 bits per heavy atom. The van der Waals surface area contributed by atoms with E-state index in [1.807, 2.05) is 6.07 Å². The second-order valence-electron chi connectivity index (χ2n) is 4.06. The maximum atomic E-state index is 5.98. The minimum Gasteiger partial charge on any atom is -0.398 e. The molecule has 0 bridgehead atoms. The molecule has 4 N–H and O–H groups in total. The highest BCUT2D eigenvalue weighted by molar-refractivity contribution is 5.50. The van der Waals surface area contributed by atoms with Crippen LogP contribution in [0.4, 0.5) is 5.69 Å². The van der Waals surface area contributed by atoms with Gasteiger partial charge in [-0.25, -0.2) is 0 Å². The first-order chi connectivity index (χ1) is 6.56. The van der Waals surface area contributed by atoms with Crippen LogP contribution in [0.2, 0.25) is 0 Å². The van der Waals surface area contributed by atoms with Gasteiger partial charge in [0.25, 0.3) is 0 Å². The van der Waals surface area contributed by atoms with E-state index in [9.17, 15) is 0 Å². The molecule has 2 heteroatoms. The molecule has 0 aliphatic carbocycles. The summed E-state index contributed by atoms with van der Waals surface area (Å²) in [5.74, 6) is 0.526. The summed E-state index contributed by atoms with van der Waals surface area (Å²) in [6.07, 6.45) is 0.922. The molecule has 0 radical (unpaired) electrons. The van der Waals surface area contributed by atoms with Crippen molar-refractivity contribution in [3.8, 4) is 0 Å². The Morgan fingerprint density at radius 3 is 2.43 bits per heavy atom. The standard InChI is InChI=1S/C12H20N2/c1-4-11(13)10-7-9(8(2)3)5-6-12(10)14/h5-8,11H,4,13-14H2,1-3H3. The zero-order valence-electron chi connectivity index (χ0n) is 9.25. The van der Waals surface area contributed by atoms with Gasteiger partial charge in [0.15, 0.2) is 0 Å². The summed E-state index contributed by atoms with van der Waals surface area (Å²) < 4.78 is 0. The van der Waals surface area contributed by atoms with Gasteiger partial charge >= 0.3 is 0 Å². The molecule has 0 spiro atoms. The molecule has 1 atom stereocenters. The first-order valence-electron chi connectivity index (χ1n) is 5.21. The molecule has 14 heavy (non-hydrogen) atoms. The van der Waals surface area contributed by atoms with Crippen LogP contribution >= 0.6 is 0 Å². The molecule has 1 aromatic rings. The molecule has 1 rings (SSSR count). The lowest BCUT2D eigenvalue weighted by Gasteiger charge is -2.15. The van der Waals surface area contributed by atoms with Crippen LogP contribution in [0.3, 0.4) is 0 Å². The highest BCUT2D eigenvalue weighted by atomic mass is 14.7. The van der Waals surface area contributed by atoms with Gasteiger partial charge in [0.1, 0.15) is 0 Å². The lowest BCUT2D eigenvalue weighted by Crippen LogP contribution is -2.11. The Hall–Kier alpha value is -1.02. The number of hydrogen-bond acceptors (Lipinski definition) is 2. The molecule has 0 aromatic heterocycles. The molecule has 0 heterocycles. The summed E-state index contributed by atoms with van der Waals surface area (Å²) in [6.45, 7) is 6.42. The fraction of sp³-hybridized carbons (Fsp3) is 0.500. The summed E-state index contributed by atoms with van der Waals surface area (Å²) in [7, 11) is 0. The lowest BCUT2D eigenvalue weighted by molar-refractivity contribution is 0.698. The van der Waals surface area contributed by atoms with Gasteiger partial charge in [0.05, 0.1) is 0 Å². The van der Waals surface area contributed by atoms with Crippen LogP contribution in [0.5, 0.6) is 0 Å². The first-order valence-corrected chi connectivity index (χ1v) is 5.21. The number of benzene rings is 1. The molecule has 0 saturated heterocycles. The summed E-state index contributed by atoms with van der Waals surface area (Å²) >= 11 is 0. The molecule has 78 valence electrons. The van der Waals surface area contributed by atoms with Crippen molar-refractivity contribution in [3.05, 3.63) is 29.3 Å². The Morgan fingerprint density at radius 1 is 1.29 bits per heavy atom. The van der Waals surface area contributed by atoms with E-state index in [4.69, 9.17) is 11.5 Å². The van der Waals surface area contributed by atoms with E-state index in [1.54, 1.807) is 0 Å². The zero-order valence-corrected chi connectivity index (χ0v) is 9.25. The van der Waals surface area contributed by atoms with E-state index in [0.717, 1.165) is 17.7 Å². The molecular formula is C12H20N2. The molecule has 0 amide bonds. The van der Waals surface area contributed by atoms with Crippen molar-refractivity contribution in [2.24, 2.45) is 5.73 Å². The van der Waals surface area contributed by atoms with Crippen LogP contribution in [-0.2, 0) is 0 Å². The van der Waals surface area contributed by atoms with Gasteiger partial charge in [-0.1, -0.05) is 32.9 Å². The zero-order chi connectivity index (χ0) is 10.7. The topological polar surface area (TPSA) is 52.0 Å². The Labute approximate surface area is 86.3 Å². The molecule has 1 unspecified atom stereocenters. The van der Waals surface area contributed by atoms with Gasteiger partial charge < -0.3 is 11.5 Å². The summed E-state index contributed by atoms with van der Waals surface area (Å²) in [5.41, 5.74) is 15.1. The predicted octanol–water partition coefficient (Wildman–Crippen LogP) is 2.80. The third-order valence-electron chi connectivity index (χ3n) is 2.62. The second-order valence-corrected chi connectivity index (χ2v) is 4.06. The maximum Gasteiger partial charge on any atom is 0.0362 e. The monoisotopic (exact) mass is 192 g/mol. The molecular weight excluding hydrogens is 172 g/mol. The smallest absolute Gasteiger partial charge is 0.0362 e. The highest BCUT2D eigenvalue weighted by Gasteiger charge is 2.09. The first kappa shape index (κ1) is 11.1. The molecule has 2 nitrogen and oxygen atoms in total. The van der Waals surface area contributed by atoms with Crippen molar-refractivity contribution in [2.75, 3.05) is 5.73 Å². The lowest BCUT2D eigenvalue weighted by atomic mass is 9.96. The molecule has 0 aliphatic heterocycles. The quantitative estimate of drug-likeness (QED) is 0.723. The van der Waals surface area contributed by atoms with Crippen LogP contribution in [0, 0.1) is 0 Å². The van der Waals surface area contributed by atoms with Crippen molar-refractivity contribution in [1.29, 1.82) is 0 Å².